The Morgan fingerprint density at radius 1 is 1.10 bits per heavy atom. The highest BCUT2D eigenvalue weighted by Crippen LogP contribution is 2.31. The van der Waals surface area contributed by atoms with Crippen molar-refractivity contribution in [1.82, 2.24) is 19.6 Å². The Hall–Kier alpha value is -2.93. The summed E-state index contributed by atoms with van der Waals surface area (Å²) in [7, 11) is 0. The van der Waals surface area contributed by atoms with E-state index in [-0.39, 0.29) is 11.2 Å². The number of carbonyl (C=O) groups is 1. The zero-order valence-electron chi connectivity index (χ0n) is 16.4. The molecule has 1 unspecified atom stereocenters. The number of rotatable bonds is 3. The lowest BCUT2D eigenvalue weighted by Crippen LogP contribution is -2.40. The van der Waals surface area contributed by atoms with Crippen LogP contribution in [0.1, 0.15) is 24.7 Å². The molecule has 0 saturated carbocycles. The van der Waals surface area contributed by atoms with Gasteiger partial charge >= 0.3 is 0 Å². The van der Waals surface area contributed by atoms with Crippen LogP contribution in [0.5, 0.6) is 0 Å². The maximum Gasteiger partial charge on any atom is 0.240 e. The predicted octanol–water partition coefficient (Wildman–Crippen LogP) is 4.05. The number of benzene rings is 2. The number of para-hydroxylation sites is 2. The first-order chi connectivity index (χ1) is 14.1. The lowest BCUT2D eigenvalue weighted by atomic mass is 10.0. The molecule has 1 amide bonds. The molecule has 6 nitrogen and oxygen atoms in total. The fourth-order valence-corrected chi connectivity index (χ4v) is 4.82. The third-order valence-electron chi connectivity index (χ3n) is 5.26. The highest BCUT2D eigenvalue weighted by Gasteiger charge is 2.28. The smallest absolute Gasteiger partial charge is 0.240 e. The van der Waals surface area contributed by atoms with Crippen LogP contribution in [0.15, 0.2) is 53.7 Å². The largest absolute Gasteiger partial charge is 0.311 e. The molecule has 1 aliphatic heterocycles. The van der Waals surface area contributed by atoms with Crippen molar-refractivity contribution in [3.8, 4) is 0 Å². The van der Waals surface area contributed by atoms with Crippen LogP contribution in [0, 0.1) is 6.92 Å². The van der Waals surface area contributed by atoms with Gasteiger partial charge in [0, 0.05) is 17.6 Å². The number of anilines is 1. The standard InChI is InChI=1S/C22H21N5OS/c1-14(21(28)26-13-7-9-16-8-3-6-12-19(16)26)29-22-24-18-11-5-4-10-17(18)20-23-15(2)25-27(20)22/h3-6,8,10-12,14H,7,9,13H2,1-2H3. The number of hydrogen-bond donors (Lipinski definition) is 0. The molecule has 146 valence electrons. The van der Waals surface area contributed by atoms with E-state index in [9.17, 15) is 4.79 Å². The molecular formula is C22H21N5OS. The third kappa shape index (κ3) is 3.15. The first kappa shape index (κ1) is 18.1. The molecule has 7 heteroatoms. The Balaban J connectivity index is 1.50. The van der Waals surface area contributed by atoms with E-state index in [0.717, 1.165) is 41.6 Å². The molecule has 0 fully saturated rings. The lowest BCUT2D eigenvalue weighted by molar-refractivity contribution is -0.117. The molecule has 0 saturated heterocycles. The summed E-state index contributed by atoms with van der Waals surface area (Å²) in [6.07, 6.45) is 2.01. The van der Waals surface area contributed by atoms with Gasteiger partial charge in [-0.15, -0.1) is 5.10 Å². The van der Waals surface area contributed by atoms with Gasteiger partial charge in [0.05, 0.1) is 10.8 Å². The van der Waals surface area contributed by atoms with Crippen molar-refractivity contribution in [3.63, 3.8) is 0 Å². The Labute approximate surface area is 173 Å². The molecule has 3 heterocycles. The average molecular weight is 404 g/mol. The predicted molar refractivity (Wildman–Crippen MR) is 115 cm³/mol. The molecule has 0 aliphatic carbocycles. The normalized spacial score (nSPS) is 14.9. The minimum Gasteiger partial charge on any atom is -0.311 e. The van der Waals surface area contributed by atoms with Gasteiger partial charge in [-0.25, -0.2) is 9.97 Å². The second-order valence-corrected chi connectivity index (χ2v) is 8.60. The van der Waals surface area contributed by atoms with E-state index in [1.807, 2.05) is 61.2 Å². The van der Waals surface area contributed by atoms with Crippen LogP contribution in [0.2, 0.25) is 0 Å². The molecule has 29 heavy (non-hydrogen) atoms. The molecule has 0 N–H and O–H groups in total. The van der Waals surface area contributed by atoms with Gasteiger partial charge in [0.15, 0.2) is 10.8 Å². The van der Waals surface area contributed by atoms with Gasteiger partial charge in [-0.3, -0.25) is 4.79 Å². The van der Waals surface area contributed by atoms with E-state index < -0.39 is 0 Å². The molecule has 0 bridgehead atoms. The maximum absolute atomic E-state index is 13.3. The van der Waals surface area contributed by atoms with Crippen LogP contribution >= 0.6 is 11.8 Å². The summed E-state index contributed by atoms with van der Waals surface area (Å²) in [6.45, 7) is 4.57. The van der Waals surface area contributed by atoms with Gasteiger partial charge in [-0.05, 0) is 50.5 Å². The second-order valence-electron chi connectivity index (χ2n) is 7.29. The number of carbonyl (C=O) groups excluding carboxylic acids is 1. The van der Waals surface area contributed by atoms with Gasteiger partial charge in [-0.1, -0.05) is 42.1 Å². The monoisotopic (exact) mass is 403 g/mol. The van der Waals surface area contributed by atoms with Crippen molar-refractivity contribution in [3.05, 3.63) is 59.9 Å². The van der Waals surface area contributed by atoms with Crippen LogP contribution in [-0.2, 0) is 11.2 Å². The van der Waals surface area contributed by atoms with E-state index in [0.29, 0.717) is 11.0 Å². The van der Waals surface area contributed by atoms with Crippen molar-refractivity contribution in [2.45, 2.75) is 37.1 Å². The lowest BCUT2D eigenvalue weighted by Gasteiger charge is -2.31. The third-order valence-corrected chi connectivity index (χ3v) is 6.29. The molecule has 2 aromatic carbocycles. The molecule has 0 spiro atoms. The van der Waals surface area contributed by atoms with Crippen molar-refractivity contribution in [1.29, 1.82) is 0 Å². The number of fused-ring (bicyclic) bond motifs is 4. The Bertz CT molecular complexity index is 1230. The van der Waals surface area contributed by atoms with Crippen LogP contribution < -0.4 is 4.90 Å². The summed E-state index contributed by atoms with van der Waals surface area (Å²) in [5.41, 5.74) is 3.91. The van der Waals surface area contributed by atoms with Crippen LogP contribution in [0.25, 0.3) is 16.6 Å². The fourth-order valence-electron chi connectivity index (χ4n) is 3.90. The van der Waals surface area contributed by atoms with E-state index >= 15 is 0 Å². The summed E-state index contributed by atoms with van der Waals surface area (Å²) < 4.78 is 1.76. The zero-order chi connectivity index (χ0) is 20.0. The highest BCUT2D eigenvalue weighted by molar-refractivity contribution is 8.00. The Kier molecular flexibility index (Phi) is 4.47. The average Bonchev–Trinajstić information content (AvgIpc) is 3.15. The van der Waals surface area contributed by atoms with Crippen molar-refractivity contribution >= 4 is 39.9 Å². The van der Waals surface area contributed by atoms with Crippen molar-refractivity contribution < 1.29 is 4.79 Å². The van der Waals surface area contributed by atoms with Gasteiger partial charge in [0.1, 0.15) is 5.82 Å². The van der Waals surface area contributed by atoms with Gasteiger partial charge < -0.3 is 4.90 Å². The maximum atomic E-state index is 13.3. The van der Waals surface area contributed by atoms with Gasteiger partial charge in [0.2, 0.25) is 5.91 Å². The molecular weight excluding hydrogens is 382 g/mol. The SMILES string of the molecule is Cc1nc2c3ccccc3nc(SC(C)C(=O)N3CCCc4ccccc43)n2n1. The first-order valence-electron chi connectivity index (χ1n) is 9.80. The van der Waals surface area contributed by atoms with Crippen LogP contribution in [0.4, 0.5) is 5.69 Å². The quantitative estimate of drug-likeness (QED) is 0.381. The highest BCUT2D eigenvalue weighted by atomic mass is 32.2. The van der Waals surface area contributed by atoms with Crippen LogP contribution in [-0.4, -0.2) is 37.3 Å². The number of nitrogens with zero attached hydrogens (tertiary/aromatic N) is 5. The van der Waals surface area contributed by atoms with Crippen LogP contribution in [0.3, 0.4) is 0 Å². The fraction of sp³-hybridized carbons (Fsp3) is 0.273. The van der Waals surface area contributed by atoms with Crippen molar-refractivity contribution in [2.75, 3.05) is 11.4 Å². The Morgan fingerprint density at radius 3 is 2.79 bits per heavy atom. The minimum atomic E-state index is -0.289. The summed E-state index contributed by atoms with van der Waals surface area (Å²) in [5, 5.41) is 5.88. The second kappa shape index (κ2) is 7.15. The summed E-state index contributed by atoms with van der Waals surface area (Å²) in [4.78, 5) is 24.6. The molecule has 0 radical (unpaired) electrons. The molecule has 1 aliphatic rings. The number of hydrogen-bond acceptors (Lipinski definition) is 5. The van der Waals surface area contributed by atoms with Gasteiger partial charge in [0.25, 0.3) is 0 Å². The molecule has 4 aromatic rings. The molecule has 2 aromatic heterocycles. The Morgan fingerprint density at radius 2 is 1.90 bits per heavy atom. The van der Waals surface area contributed by atoms with E-state index in [4.69, 9.17) is 4.98 Å². The summed E-state index contributed by atoms with van der Waals surface area (Å²) >= 11 is 1.44. The topological polar surface area (TPSA) is 63.4 Å². The number of thioether (sulfide) groups is 1. The summed E-state index contributed by atoms with van der Waals surface area (Å²) in [5.74, 6) is 0.788. The molecule has 1 atom stereocenters. The van der Waals surface area contributed by atoms with E-state index in [2.05, 4.69) is 16.1 Å². The minimum absolute atomic E-state index is 0.0992. The van der Waals surface area contributed by atoms with Crippen molar-refractivity contribution in [2.24, 2.45) is 0 Å². The summed E-state index contributed by atoms with van der Waals surface area (Å²) in [6, 6.07) is 16.1. The number of amides is 1. The molecule has 5 rings (SSSR count). The zero-order valence-corrected chi connectivity index (χ0v) is 17.2. The van der Waals surface area contributed by atoms with Gasteiger partial charge in [-0.2, -0.15) is 4.52 Å². The first-order valence-corrected chi connectivity index (χ1v) is 10.7. The van der Waals surface area contributed by atoms with E-state index in [1.54, 1.807) is 4.52 Å². The number of aryl methyl sites for hydroxylation is 2. The number of aromatic nitrogens is 4. The van der Waals surface area contributed by atoms with E-state index in [1.165, 1.54) is 17.3 Å².